The lowest BCUT2D eigenvalue weighted by molar-refractivity contribution is -0.178. The van der Waals surface area contributed by atoms with Gasteiger partial charge in [0.25, 0.3) is 0 Å². The summed E-state index contributed by atoms with van der Waals surface area (Å²) in [5, 5.41) is 13.2. The van der Waals surface area contributed by atoms with Crippen molar-refractivity contribution in [1.82, 2.24) is 10.2 Å². The standard InChI is InChI=1S/C19H27F3N4O3/c20-19(21,22)16-7-4-8-26(16)11-15(27)14(9-12-5-2-1-3-6-12)25-18(29)13(23)10-17(24)28/h1-3,5-6,13-16,27H,4,7-11,23H2,(H2,24,28)(H,25,29)/t13-,14-,15+,16-/m0/s1. The summed E-state index contributed by atoms with van der Waals surface area (Å²) in [4.78, 5) is 24.5. The monoisotopic (exact) mass is 416 g/mol. The second-order valence-corrected chi connectivity index (χ2v) is 7.34. The van der Waals surface area contributed by atoms with Gasteiger partial charge in [0.1, 0.15) is 6.04 Å². The van der Waals surface area contributed by atoms with Crippen molar-refractivity contribution in [3.05, 3.63) is 35.9 Å². The van der Waals surface area contributed by atoms with E-state index in [2.05, 4.69) is 5.32 Å². The Bertz CT molecular complexity index is 687. The van der Waals surface area contributed by atoms with E-state index in [0.29, 0.717) is 6.42 Å². The van der Waals surface area contributed by atoms with Gasteiger partial charge < -0.3 is 21.9 Å². The summed E-state index contributed by atoms with van der Waals surface area (Å²) in [6, 6.07) is 5.23. The van der Waals surface area contributed by atoms with E-state index in [1.807, 2.05) is 0 Å². The number of benzene rings is 1. The molecule has 4 atom stereocenters. The second-order valence-electron chi connectivity index (χ2n) is 7.34. The maximum atomic E-state index is 13.2. The van der Waals surface area contributed by atoms with E-state index in [1.165, 1.54) is 4.90 Å². The highest BCUT2D eigenvalue weighted by molar-refractivity contribution is 5.87. The van der Waals surface area contributed by atoms with E-state index in [-0.39, 0.29) is 32.4 Å². The molecular formula is C19H27F3N4O3. The van der Waals surface area contributed by atoms with Crippen molar-refractivity contribution < 1.29 is 27.9 Å². The molecule has 0 saturated carbocycles. The Balaban J connectivity index is 2.11. The van der Waals surface area contributed by atoms with Gasteiger partial charge in [-0.2, -0.15) is 13.2 Å². The first kappa shape index (κ1) is 23.1. The molecular weight excluding hydrogens is 389 g/mol. The fourth-order valence-electron chi connectivity index (χ4n) is 3.53. The summed E-state index contributed by atoms with van der Waals surface area (Å²) >= 11 is 0. The van der Waals surface area contributed by atoms with E-state index in [0.717, 1.165) is 5.56 Å². The molecule has 1 fully saturated rings. The highest BCUT2D eigenvalue weighted by Crippen LogP contribution is 2.32. The molecule has 0 aromatic heterocycles. The highest BCUT2D eigenvalue weighted by Gasteiger charge is 2.46. The number of nitrogens with zero attached hydrogens (tertiary/aromatic N) is 1. The molecule has 1 heterocycles. The summed E-state index contributed by atoms with van der Waals surface area (Å²) in [5.41, 5.74) is 11.5. The van der Waals surface area contributed by atoms with Crippen molar-refractivity contribution in [2.75, 3.05) is 13.1 Å². The SMILES string of the molecule is NC(=O)C[C@H](N)C(=O)N[C@@H](Cc1ccccc1)[C@H](O)CN1CCC[C@H]1C(F)(F)F. The van der Waals surface area contributed by atoms with E-state index >= 15 is 0 Å². The first-order chi connectivity index (χ1) is 13.6. The molecule has 1 aliphatic rings. The Morgan fingerprint density at radius 1 is 1.28 bits per heavy atom. The molecule has 0 unspecified atom stereocenters. The molecule has 1 saturated heterocycles. The fourth-order valence-corrected chi connectivity index (χ4v) is 3.53. The van der Waals surface area contributed by atoms with Crippen molar-refractivity contribution in [3.63, 3.8) is 0 Å². The zero-order chi connectivity index (χ0) is 21.6. The second kappa shape index (κ2) is 10.0. The van der Waals surface area contributed by atoms with Crippen LogP contribution >= 0.6 is 0 Å². The lowest BCUT2D eigenvalue weighted by Crippen LogP contribution is -2.55. The number of primary amides is 1. The number of carbonyl (C=O) groups excluding carboxylic acids is 2. The third-order valence-electron chi connectivity index (χ3n) is 5.01. The first-order valence-electron chi connectivity index (χ1n) is 9.45. The number of aliphatic hydroxyl groups excluding tert-OH is 1. The molecule has 0 radical (unpaired) electrons. The molecule has 2 rings (SSSR count). The van der Waals surface area contributed by atoms with Crippen LogP contribution in [0.15, 0.2) is 30.3 Å². The van der Waals surface area contributed by atoms with E-state index in [4.69, 9.17) is 11.5 Å². The van der Waals surface area contributed by atoms with Gasteiger partial charge in [0, 0.05) is 6.54 Å². The van der Waals surface area contributed by atoms with Crippen LogP contribution in [0.3, 0.4) is 0 Å². The summed E-state index contributed by atoms with van der Waals surface area (Å²) in [7, 11) is 0. The maximum Gasteiger partial charge on any atom is 0.404 e. The summed E-state index contributed by atoms with van der Waals surface area (Å²) in [6.07, 6.45) is -5.45. The molecule has 29 heavy (non-hydrogen) atoms. The molecule has 10 heteroatoms. The van der Waals surface area contributed by atoms with Crippen molar-refractivity contribution in [2.45, 2.75) is 56.1 Å². The number of aliphatic hydroxyl groups is 1. The smallest absolute Gasteiger partial charge is 0.390 e. The Labute approximate surface area is 167 Å². The number of nitrogens with one attached hydrogen (secondary N) is 1. The molecule has 2 amide bonds. The van der Waals surface area contributed by atoms with Gasteiger partial charge in [-0.1, -0.05) is 30.3 Å². The Kier molecular flexibility index (Phi) is 8.00. The topological polar surface area (TPSA) is 122 Å². The highest BCUT2D eigenvalue weighted by atomic mass is 19.4. The average Bonchev–Trinajstić information content (AvgIpc) is 3.10. The minimum Gasteiger partial charge on any atom is -0.390 e. The number of halogens is 3. The van der Waals surface area contributed by atoms with Gasteiger partial charge in [-0.05, 0) is 31.4 Å². The lowest BCUT2D eigenvalue weighted by atomic mass is 9.99. The molecule has 0 bridgehead atoms. The first-order valence-corrected chi connectivity index (χ1v) is 9.45. The van der Waals surface area contributed by atoms with E-state index in [1.54, 1.807) is 30.3 Å². The Morgan fingerprint density at radius 2 is 1.93 bits per heavy atom. The maximum absolute atomic E-state index is 13.2. The number of nitrogens with two attached hydrogens (primary N) is 2. The van der Waals surface area contributed by atoms with Crippen LogP contribution in [0, 0.1) is 0 Å². The largest absolute Gasteiger partial charge is 0.404 e. The van der Waals surface area contributed by atoms with Crippen LogP contribution in [0.2, 0.25) is 0 Å². The lowest BCUT2D eigenvalue weighted by Gasteiger charge is -2.32. The van der Waals surface area contributed by atoms with Gasteiger partial charge in [-0.3, -0.25) is 14.5 Å². The minimum atomic E-state index is -4.38. The molecule has 1 aliphatic heterocycles. The molecule has 6 N–H and O–H groups in total. The van der Waals surface area contributed by atoms with Crippen LogP contribution in [0.4, 0.5) is 13.2 Å². The quantitative estimate of drug-likeness (QED) is 0.462. The zero-order valence-electron chi connectivity index (χ0n) is 15.9. The van der Waals surface area contributed by atoms with Crippen LogP contribution in [-0.4, -0.2) is 65.3 Å². The Hall–Kier alpha value is -2.17. The van der Waals surface area contributed by atoms with Gasteiger partial charge >= 0.3 is 6.18 Å². The molecule has 1 aromatic rings. The van der Waals surface area contributed by atoms with Crippen LogP contribution < -0.4 is 16.8 Å². The predicted molar refractivity (Wildman–Crippen MR) is 101 cm³/mol. The van der Waals surface area contributed by atoms with Crippen LogP contribution in [0.5, 0.6) is 0 Å². The number of carbonyl (C=O) groups is 2. The number of likely N-dealkylation sites (tertiary alicyclic amines) is 1. The third-order valence-corrected chi connectivity index (χ3v) is 5.01. The number of hydrogen-bond acceptors (Lipinski definition) is 5. The van der Waals surface area contributed by atoms with Gasteiger partial charge in [-0.15, -0.1) is 0 Å². The normalized spacial score (nSPS) is 20.8. The van der Waals surface area contributed by atoms with Gasteiger partial charge in [0.2, 0.25) is 11.8 Å². The van der Waals surface area contributed by atoms with Crippen molar-refractivity contribution in [1.29, 1.82) is 0 Å². The predicted octanol–water partition coefficient (Wildman–Crippen LogP) is 0.304. The van der Waals surface area contributed by atoms with Crippen LogP contribution in [-0.2, 0) is 16.0 Å². The summed E-state index contributed by atoms with van der Waals surface area (Å²) in [6.45, 7) is -0.0263. The minimum absolute atomic E-state index is 0.0184. The fraction of sp³-hybridized carbons (Fsp3) is 0.579. The van der Waals surface area contributed by atoms with Crippen LogP contribution in [0.1, 0.15) is 24.8 Å². The number of β-amino-alcohol motifs (C(OH)–C–C–N with tert-alkyl or cyclic N) is 1. The van der Waals surface area contributed by atoms with Gasteiger partial charge in [-0.25, -0.2) is 0 Å². The van der Waals surface area contributed by atoms with E-state index in [9.17, 15) is 27.9 Å². The zero-order valence-corrected chi connectivity index (χ0v) is 15.9. The molecule has 1 aromatic carbocycles. The van der Waals surface area contributed by atoms with Crippen molar-refractivity contribution >= 4 is 11.8 Å². The average molecular weight is 416 g/mol. The number of alkyl halides is 3. The van der Waals surface area contributed by atoms with E-state index < -0.39 is 42.2 Å². The van der Waals surface area contributed by atoms with Gasteiger partial charge in [0.15, 0.2) is 0 Å². The van der Waals surface area contributed by atoms with Gasteiger partial charge in [0.05, 0.1) is 24.6 Å². The number of hydrogen-bond donors (Lipinski definition) is 4. The molecule has 162 valence electrons. The number of rotatable bonds is 9. The molecule has 7 nitrogen and oxygen atoms in total. The van der Waals surface area contributed by atoms with Crippen LogP contribution in [0.25, 0.3) is 0 Å². The molecule has 0 spiro atoms. The van der Waals surface area contributed by atoms with Crippen molar-refractivity contribution in [2.24, 2.45) is 11.5 Å². The number of amides is 2. The summed E-state index contributed by atoms with van der Waals surface area (Å²) < 4.78 is 39.6. The summed E-state index contributed by atoms with van der Waals surface area (Å²) in [5.74, 6) is -1.45. The van der Waals surface area contributed by atoms with Crippen molar-refractivity contribution in [3.8, 4) is 0 Å². The Morgan fingerprint density at radius 3 is 2.52 bits per heavy atom. The molecule has 0 aliphatic carbocycles. The third kappa shape index (κ3) is 6.98.